The lowest BCUT2D eigenvalue weighted by Crippen LogP contribution is -2.17. The lowest BCUT2D eigenvalue weighted by atomic mass is 10.1. The van der Waals surface area contributed by atoms with E-state index in [0.717, 1.165) is 11.1 Å². The molecule has 154 valence electrons. The SMILES string of the molecule is COc1cc(CNCCc2ccccc2F)ccc1OCc1ccc(F)cc1.Cl. The summed E-state index contributed by atoms with van der Waals surface area (Å²) in [6.07, 6.45) is 0.628. The standard InChI is InChI=1S/C23H23F2NO2.ClH/c1-27-23-14-18(15-26-13-12-19-4-2-3-5-21(19)25)8-11-22(23)28-16-17-6-9-20(24)10-7-17;/h2-11,14,26H,12-13,15-16H2,1H3;1H. The average Bonchev–Trinajstić information content (AvgIpc) is 2.72. The molecule has 0 bridgehead atoms. The highest BCUT2D eigenvalue weighted by Gasteiger charge is 2.07. The van der Waals surface area contributed by atoms with E-state index in [-0.39, 0.29) is 24.0 Å². The van der Waals surface area contributed by atoms with Crippen molar-refractivity contribution in [1.82, 2.24) is 5.32 Å². The molecule has 0 aromatic heterocycles. The number of halogens is 3. The number of hydrogen-bond acceptors (Lipinski definition) is 3. The molecule has 0 aliphatic rings. The Kier molecular flexibility index (Phi) is 8.90. The summed E-state index contributed by atoms with van der Waals surface area (Å²) in [6, 6.07) is 18.7. The van der Waals surface area contributed by atoms with E-state index in [2.05, 4.69) is 5.32 Å². The molecular formula is C23H24ClF2NO2. The Morgan fingerprint density at radius 2 is 1.59 bits per heavy atom. The first kappa shape index (κ1) is 22.7. The fourth-order valence-corrected chi connectivity index (χ4v) is 2.84. The molecule has 3 nitrogen and oxygen atoms in total. The van der Waals surface area contributed by atoms with Gasteiger partial charge in [-0.3, -0.25) is 0 Å². The maximum atomic E-state index is 13.6. The van der Waals surface area contributed by atoms with Gasteiger partial charge in [0.05, 0.1) is 7.11 Å². The predicted molar refractivity (Wildman–Crippen MR) is 113 cm³/mol. The lowest BCUT2D eigenvalue weighted by molar-refractivity contribution is 0.284. The third kappa shape index (κ3) is 6.73. The minimum absolute atomic E-state index is 0. The van der Waals surface area contributed by atoms with Crippen LogP contribution in [0.1, 0.15) is 16.7 Å². The predicted octanol–water partition coefficient (Wildman–Crippen LogP) is 5.31. The summed E-state index contributed by atoms with van der Waals surface area (Å²) in [4.78, 5) is 0. The molecule has 0 amide bonds. The van der Waals surface area contributed by atoms with Crippen molar-refractivity contribution < 1.29 is 18.3 Å². The molecule has 1 N–H and O–H groups in total. The minimum Gasteiger partial charge on any atom is -0.493 e. The Balaban J connectivity index is 0.00000300. The van der Waals surface area contributed by atoms with E-state index in [1.807, 2.05) is 24.3 Å². The Morgan fingerprint density at radius 3 is 2.31 bits per heavy atom. The van der Waals surface area contributed by atoms with E-state index in [9.17, 15) is 8.78 Å². The van der Waals surface area contributed by atoms with Crippen LogP contribution < -0.4 is 14.8 Å². The number of methoxy groups -OCH3 is 1. The van der Waals surface area contributed by atoms with Gasteiger partial charge in [-0.15, -0.1) is 12.4 Å². The Hall–Kier alpha value is -2.63. The Morgan fingerprint density at radius 1 is 0.862 bits per heavy atom. The van der Waals surface area contributed by atoms with Gasteiger partial charge >= 0.3 is 0 Å². The molecule has 0 aliphatic carbocycles. The third-order valence-corrected chi connectivity index (χ3v) is 4.39. The van der Waals surface area contributed by atoms with Crippen LogP contribution in [-0.2, 0) is 19.6 Å². The fourth-order valence-electron chi connectivity index (χ4n) is 2.84. The van der Waals surface area contributed by atoms with Gasteiger partial charge in [0, 0.05) is 6.54 Å². The van der Waals surface area contributed by atoms with E-state index in [0.29, 0.717) is 43.2 Å². The van der Waals surface area contributed by atoms with Crippen LogP contribution >= 0.6 is 12.4 Å². The maximum Gasteiger partial charge on any atom is 0.161 e. The Bertz CT molecular complexity index is 904. The van der Waals surface area contributed by atoms with Crippen LogP contribution in [0.3, 0.4) is 0 Å². The maximum absolute atomic E-state index is 13.6. The highest BCUT2D eigenvalue weighted by molar-refractivity contribution is 5.85. The molecule has 3 aromatic carbocycles. The summed E-state index contributed by atoms with van der Waals surface area (Å²) in [5, 5.41) is 3.31. The lowest BCUT2D eigenvalue weighted by Gasteiger charge is -2.13. The first-order chi connectivity index (χ1) is 13.7. The second-order valence-electron chi connectivity index (χ2n) is 6.42. The van der Waals surface area contributed by atoms with Crippen LogP contribution in [0, 0.1) is 11.6 Å². The van der Waals surface area contributed by atoms with E-state index >= 15 is 0 Å². The van der Waals surface area contributed by atoms with Crippen LogP contribution in [0.25, 0.3) is 0 Å². The summed E-state index contributed by atoms with van der Waals surface area (Å²) in [7, 11) is 1.59. The molecule has 0 saturated heterocycles. The second kappa shape index (κ2) is 11.4. The number of rotatable bonds is 9. The number of ether oxygens (including phenoxy) is 2. The summed E-state index contributed by atoms with van der Waals surface area (Å²) in [5.41, 5.74) is 2.62. The van der Waals surface area contributed by atoms with E-state index in [4.69, 9.17) is 9.47 Å². The van der Waals surface area contributed by atoms with Gasteiger partial charge in [0.2, 0.25) is 0 Å². The average molecular weight is 420 g/mol. The number of nitrogens with one attached hydrogen (secondary N) is 1. The third-order valence-electron chi connectivity index (χ3n) is 4.39. The molecule has 0 atom stereocenters. The molecule has 3 aromatic rings. The number of hydrogen-bond donors (Lipinski definition) is 1. The zero-order valence-electron chi connectivity index (χ0n) is 16.2. The summed E-state index contributed by atoms with van der Waals surface area (Å²) in [5.74, 6) is 0.819. The van der Waals surface area contributed by atoms with Gasteiger partial charge in [-0.25, -0.2) is 8.78 Å². The van der Waals surface area contributed by atoms with Crippen LogP contribution in [-0.4, -0.2) is 13.7 Å². The summed E-state index contributed by atoms with van der Waals surface area (Å²) in [6.45, 7) is 1.64. The van der Waals surface area contributed by atoms with Gasteiger partial charge in [-0.1, -0.05) is 36.4 Å². The highest BCUT2D eigenvalue weighted by atomic mass is 35.5. The van der Waals surface area contributed by atoms with Gasteiger partial charge in [0.1, 0.15) is 18.2 Å². The molecule has 0 radical (unpaired) electrons. The molecule has 3 rings (SSSR count). The molecule has 6 heteroatoms. The molecule has 0 aliphatic heterocycles. The Labute approximate surface area is 176 Å². The largest absolute Gasteiger partial charge is 0.493 e. The van der Waals surface area contributed by atoms with Crippen molar-refractivity contribution in [3.05, 3.63) is 95.1 Å². The summed E-state index contributed by atoms with van der Waals surface area (Å²) >= 11 is 0. The van der Waals surface area contributed by atoms with Gasteiger partial charge in [-0.05, 0) is 60.0 Å². The van der Waals surface area contributed by atoms with E-state index < -0.39 is 0 Å². The molecule has 0 spiro atoms. The van der Waals surface area contributed by atoms with Crippen molar-refractivity contribution in [2.24, 2.45) is 0 Å². The van der Waals surface area contributed by atoms with Crippen molar-refractivity contribution in [1.29, 1.82) is 0 Å². The number of benzene rings is 3. The molecular weight excluding hydrogens is 396 g/mol. The van der Waals surface area contributed by atoms with E-state index in [1.54, 1.807) is 31.4 Å². The van der Waals surface area contributed by atoms with Crippen LogP contribution in [0.5, 0.6) is 11.5 Å². The monoisotopic (exact) mass is 419 g/mol. The fraction of sp³-hybridized carbons (Fsp3) is 0.217. The van der Waals surface area contributed by atoms with Crippen molar-refractivity contribution in [2.45, 2.75) is 19.6 Å². The molecule has 0 unspecified atom stereocenters. The topological polar surface area (TPSA) is 30.5 Å². The van der Waals surface area contributed by atoms with Crippen molar-refractivity contribution in [3.63, 3.8) is 0 Å². The second-order valence-corrected chi connectivity index (χ2v) is 6.42. The van der Waals surface area contributed by atoms with Gasteiger partial charge in [-0.2, -0.15) is 0 Å². The van der Waals surface area contributed by atoms with Crippen molar-refractivity contribution in [3.8, 4) is 11.5 Å². The normalized spacial score (nSPS) is 10.3. The molecule has 0 saturated carbocycles. The quantitative estimate of drug-likeness (QED) is 0.477. The molecule has 0 heterocycles. The zero-order chi connectivity index (χ0) is 19.8. The minimum atomic E-state index is -0.270. The van der Waals surface area contributed by atoms with Gasteiger partial charge < -0.3 is 14.8 Å². The van der Waals surface area contributed by atoms with Crippen LogP contribution in [0.4, 0.5) is 8.78 Å². The smallest absolute Gasteiger partial charge is 0.161 e. The van der Waals surface area contributed by atoms with Gasteiger partial charge in [0.15, 0.2) is 11.5 Å². The first-order valence-electron chi connectivity index (χ1n) is 9.14. The van der Waals surface area contributed by atoms with Crippen LogP contribution in [0.2, 0.25) is 0 Å². The molecule has 0 fully saturated rings. The van der Waals surface area contributed by atoms with Crippen molar-refractivity contribution >= 4 is 12.4 Å². The highest BCUT2D eigenvalue weighted by Crippen LogP contribution is 2.29. The molecule has 29 heavy (non-hydrogen) atoms. The van der Waals surface area contributed by atoms with Gasteiger partial charge in [0.25, 0.3) is 0 Å². The van der Waals surface area contributed by atoms with E-state index in [1.165, 1.54) is 18.2 Å². The first-order valence-corrected chi connectivity index (χ1v) is 9.14. The summed E-state index contributed by atoms with van der Waals surface area (Å²) < 4.78 is 37.8. The van der Waals surface area contributed by atoms with Crippen molar-refractivity contribution in [2.75, 3.05) is 13.7 Å². The van der Waals surface area contributed by atoms with Crippen LogP contribution in [0.15, 0.2) is 66.7 Å². The zero-order valence-corrected chi connectivity index (χ0v) is 17.0.